The number of aromatic nitrogens is 2. The maximum atomic E-state index is 4.71. The van der Waals surface area contributed by atoms with Crippen molar-refractivity contribution in [2.75, 3.05) is 36.1 Å². The zero-order valence-corrected chi connectivity index (χ0v) is 14.4. The summed E-state index contributed by atoms with van der Waals surface area (Å²) < 4.78 is 0. The number of nitrogens with zero attached hydrogens (tertiary/aromatic N) is 3. The van der Waals surface area contributed by atoms with Crippen LogP contribution in [0.4, 0.5) is 11.6 Å². The maximum absolute atomic E-state index is 4.71. The van der Waals surface area contributed by atoms with Crippen LogP contribution in [0, 0.1) is 5.92 Å². The van der Waals surface area contributed by atoms with E-state index in [4.69, 9.17) is 4.98 Å². The second-order valence-corrected chi connectivity index (χ2v) is 6.47. The lowest BCUT2D eigenvalue weighted by Crippen LogP contribution is -2.25. The average molecular weight is 308 g/mol. The minimum absolute atomic E-state index is 0.859. The van der Waals surface area contributed by atoms with Crippen molar-refractivity contribution in [3.8, 4) is 0 Å². The van der Waals surface area contributed by atoms with Crippen LogP contribution in [0.5, 0.6) is 0 Å². The van der Waals surface area contributed by atoms with Gasteiger partial charge in [0.25, 0.3) is 0 Å². The molecule has 0 bridgehead atoms. The Kier molecular flexibility index (Phi) is 6.61. The van der Waals surface area contributed by atoms with Crippen LogP contribution >= 0.6 is 11.8 Å². The molecule has 2 rings (SSSR count). The lowest BCUT2D eigenvalue weighted by atomic mass is 9.96. The monoisotopic (exact) mass is 308 g/mol. The van der Waals surface area contributed by atoms with E-state index in [1.165, 1.54) is 32.1 Å². The van der Waals surface area contributed by atoms with Gasteiger partial charge in [-0.05, 0) is 38.4 Å². The van der Waals surface area contributed by atoms with E-state index >= 15 is 0 Å². The van der Waals surface area contributed by atoms with Crippen LogP contribution in [-0.2, 0) is 0 Å². The first-order valence-corrected chi connectivity index (χ1v) is 9.41. The fourth-order valence-electron chi connectivity index (χ4n) is 3.03. The van der Waals surface area contributed by atoms with E-state index in [2.05, 4.69) is 35.1 Å². The lowest BCUT2D eigenvalue weighted by molar-refractivity contribution is 0.435. The molecule has 0 aliphatic carbocycles. The summed E-state index contributed by atoms with van der Waals surface area (Å²) in [6.45, 7) is 7.53. The topological polar surface area (TPSA) is 41.0 Å². The van der Waals surface area contributed by atoms with E-state index in [1.54, 1.807) is 11.8 Å². The van der Waals surface area contributed by atoms with E-state index in [-0.39, 0.29) is 0 Å². The van der Waals surface area contributed by atoms with Gasteiger partial charge in [-0.1, -0.05) is 31.5 Å². The molecule has 4 nitrogen and oxygen atoms in total. The van der Waals surface area contributed by atoms with Gasteiger partial charge in [0.15, 0.2) is 5.16 Å². The third kappa shape index (κ3) is 4.77. The van der Waals surface area contributed by atoms with Gasteiger partial charge in [-0.15, -0.1) is 0 Å². The summed E-state index contributed by atoms with van der Waals surface area (Å²) in [5.41, 5.74) is 0. The van der Waals surface area contributed by atoms with Crippen LogP contribution in [-0.4, -0.2) is 35.9 Å². The molecule has 5 heteroatoms. The fraction of sp³-hybridized carbons (Fsp3) is 0.750. The molecule has 0 radical (unpaired) electrons. The minimum atomic E-state index is 0.859. The number of anilines is 2. The van der Waals surface area contributed by atoms with Gasteiger partial charge in [-0.3, -0.25) is 0 Å². The molecule has 118 valence electrons. The Morgan fingerprint density at radius 2 is 2.14 bits per heavy atom. The Labute approximate surface area is 133 Å². The van der Waals surface area contributed by atoms with E-state index in [9.17, 15) is 0 Å². The van der Waals surface area contributed by atoms with E-state index in [0.717, 1.165) is 42.3 Å². The summed E-state index contributed by atoms with van der Waals surface area (Å²) in [6.07, 6.45) is 8.65. The highest BCUT2D eigenvalue weighted by Crippen LogP contribution is 2.26. The molecule has 0 aromatic carbocycles. The number of rotatable bonds is 6. The van der Waals surface area contributed by atoms with Crippen LogP contribution < -0.4 is 10.2 Å². The Morgan fingerprint density at radius 3 is 2.86 bits per heavy atom. The predicted molar refractivity (Wildman–Crippen MR) is 92.4 cm³/mol. The first-order valence-electron chi connectivity index (χ1n) is 8.18. The third-order valence-electron chi connectivity index (χ3n) is 4.10. The Hall–Kier alpha value is -0.970. The highest BCUT2D eigenvalue weighted by molar-refractivity contribution is 7.98. The van der Waals surface area contributed by atoms with Gasteiger partial charge in [-0.2, -0.15) is 0 Å². The molecule has 2 heterocycles. The SMILES string of the molecule is CCCC1CCCN(c2cc(NCC)nc(SC)n2)CC1. The van der Waals surface area contributed by atoms with Crippen LogP contribution in [0.1, 0.15) is 46.0 Å². The van der Waals surface area contributed by atoms with Gasteiger partial charge < -0.3 is 10.2 Å². The van der Waals surface area contributed by atoms with Crippen molar-refractivity contribution >= 4 is 23.4 Å². The molecule has 1 N–H and O–H groups in total. The number of hydrogen-bond donors (Lipinski definition) is 1. The van der Waals surface area contributed by atoms with Crippen molar-refractivity contribution in [1.82, 2.24) is 9.97 Å². The van der Waals surface area contributed by atoms with Crippen LogP contribution in [0.2, 0.25) is 0 Å². The molecule has 0 amide bonds. The fourth-order valence-corrected chi connectivity index (χ4v) is 3.40. The zero-order valence-electron chi connectivity index (χ0n) is 13.6. The van der Waals surface area contributed by atoms with Crippen molar-refractivity contribution in [3.05, 3.63) is 6.07 Å². The normalized spacial score (nSPS) is 19.4. The standard InChI is InChI=1S/C16H28N4S/c1-4-7-13-8-6-10-20(11-9-13)15-12-14(17-5-2)18-16(19-15)21-3/h12-13H,4-11H2,1-3H3,(H,17,18,19). The second-order valence-electron chi connectivity index (χ2n) is 5.70. The predicted octanol–water partition coefficient (Wildman–Crippen LogP) is 4.04. The van der Waals surface area contributed by atoms with Crippen molar-refractivity contribution in [1.29, 1.82) is 0 Å². The Balaban J connectivity index is 2.11. The third-order valence-corrected chi connectivity index (χ3v) is 4.65. The van der Waals surface area contributed by atoms with Gasteiger partial charge in [0, 0.05) is 25.7 Å². The quantitative estimate of drug-likeness (QED) is 0.634. The molecule has 1 fully saturated rings. The average Bonchev–Trinajstić information content (AvgIpc) is 2.73. The molecule has 1 atom stereocenters. The summed E-state index contributed by atoms with van der Waals surface area (Å²) in [4.78, 5) is 11.7. The molecule has 1 aromatic rings. The molecular formula is C16H28N4S. The summed E-state index contributed by atoms with van der Waals surface area (Å²) in [5, 5.41) is 4.17. The first-order chi connectivity index (χ1) is 10.3. The number of nitrogens with one attached hydrogen (secondary N) is 1. The Morgan fingerprint density at radius 1 is 1.29 bits per heavy atom. The van der Waals surface area contributed by atoms with Gasteiger partial charge in [-0.25, -0.2) is 9.97 Å². The van der Waals surface area contributed by atoms with Crippen molar-refractivity contribution < 1.29 is 0 Å². The largest absolute Gasteiger partial charge is 0.370 e. The summed E-state index contributed by atoms with van der Waals surface area (Å²) >= 11 is 1.61. The summed E-state index contributed by atoms with van der Waals surface area (Å²) in [6, 6.07) is 2.10. The van der Waals surface area contributed by atoms with Gasteiger partial charge in [0.2, 0.25) is 0 Å². The van der Waals surface area contributed by atoms with E-state index < -0.39 is 0 Å². The number of thioether (sulfide) groups is 1. The van der Waals surface area contributed by atoms with E-state index in [1.807, 2.05) is 6.26 Å². The molecule has 1 saturated heterocycles. The lowest BCUT2D eigenvalue weighted by Gasteiger charge is -2.22. The molecule has 1 aromatic heterocycles. The molecule has 0 spiro atoms. The molecule has 0 saturated carbocycles. The highest BCUT2D eigenvalue weighted by Gasteiger charge is 2.18. The van der Waals surface area contributed by atoms with Crippen molar-refractivity contribution in [2.45, 2.75) is 51.1 Å². The molecule has 1 unspecified atom stereocenters. The molecule has 1 aliphatic rings. The van der Waals surface area contributed by atoms with Crippen molar-refractivity contribution in [3.63, 3.8) is 0 Å². The van der Waals surface area contributed by atoms with Gasteiger partial charge in [0.1, 0.15) is 11.6 Å². The first kappa shape index (κ1) is 16.4. The van der Waals surface area contributed by atoms with Gasteiger partial charge in [0.05, 0.1) is 0 Å². The van der Waals surface area contributed by atoms with Crippen LogP contribution in [0.15, 0.2) is 11.2 Å². The van der Waals surface area contributed by atoms with Gasteiger partial charge >= 0.3 is 0 Å². The Bertz CT molecular complexity index is 438. The highest BCUT2D eigenvalue weighted by atomic mass is 32.2. The smallest absolute Gasteiger partial charge is 0.191 e. The second kappa shape index (κ2) is 8.47. The van der Waals surface area contributed by atoms with Crippen molar-refractivity contribution in [2.24, 2.45) is 5.92 Å². The van der Waals surface area contributed by atoms with E-state index in [0.29, 0.717) is 0 Å². The zero-order chi connectivity index (χ0) is 15.1. The van der Waals surface area contributed by atoms with Crippen LogP contribution in [0.3, 0.4) is 0 Å². The minimum Gasteiger partial charge on any atom is -0.370 e. The molecule has 21 heavy (non-hydrogen) atoms. The summed E-state index contributed by atoms with van der Waals surface area (Å²) in [5.74, 6) is 2.93. The number of hydrogen-bond acceptors (Lipinski definition) is 5. The van der Waals surface area contributed by atoms with Crippen LogP contribution in [0.25, 0.3) is 0 Å². The molecular weight excluding hydrogens is 280 g/mol. The molecule has 1 aliphatic heterocycles. The summed E-state index contributed by atoms with van der Waals surface area (Å²) in [7, 11) is 0. The maximum Gasteiger partial charge on any atom is 0.191 e.